The quantitative estimate of drug-likeness (QED) is 0.884. The molecule has 0 bridgehead atoms. The number of nitrogens with one attached hydrogen (secondary N) is 1. The highest BCUT2D eigenvalue weighted by atomic mass is 35.5. The molecule has 1 aliphatic rings. The summed E-state index contributed by atoms with van der Waals surface area (Å²) in [5.41, 5.74) is 0.994. The molecule has 1 aromatic rings. The van der Waals surface area contributed by atoms with Crippen molar-refractivity contribution < 1.29 is 9.90 Å². The minimum atomic E-state index is -0.680. The van der Waals surface area contributed by atoms with E-state index < -0.39 is 5.97 Å². The second-order valence-corrected chi connectivity index (χ2v) is 5.20. The number of rotatable bonds is 3. The van der Waals surface area contributed by atoms with E-state index in [0.29, 0.717) is 10.8 Å². The third-order valence-electron chi connectivity index (χ3n) is 3.50. The molecule has 4 nitrogen and oxygen atoms in total. The zero-order valence-corrected chi connectivity index (χ0v) is 11.1. The van der Waals surface area contributed by atoms with Crippen LogP contribution in [-0.2, 0) is 4.79 Å². The van der Waals surface area contributed by atoms with Gasteiger partial charge in [0, 0.05) is 12.2 Å². The van der Waals surface area contributed by atoms with E-state index in [1.54, 1.807) is 6.20 Å². The van der Waals surface area contributed by atoms with Crippen molar-refractivity contribution in [3.63, 3.8) is 0 Å². The summed E-state index contributed by atoms with van der Waals surface area (Å²) in [5.74, 6) is -0.167. The number of hydrogen-bond donors (Lipinski definition) is 2. The van der Waals surface area contributed by atoms with Gasteiger partial charge in [0.25, 0.3) is 0 Å². The molecule has 1 heterocycles. The maximum absolute atomic E-state index is 10.9. The van der Waals surface area contributed by atoms with Gasteiger partial charge in [-0.05, 0) is 44.2 Å². The van der Waals surface area contributed by atoms with Gasteiger partial charge in [0.05, 0.1) is 10.9 Å². The fourth-order valence-electron chi connectivity index (χ4n) is 2.32. The van der Waals surface area contributed by atoms with E-state index in [2.05, 4.69) is 10.3 Å². The lowest BCUT2D eigenvalue weighted by molar-refractivity contribution is -0.142. The van der Waals surface area contributed by atoms with Crippen LogP contribution in [0.5, 0.6) is 0 Å². The fourth-order valence-corrected chi connectivity index (χ4v) is 2.49. The second kappa shape index (κ2) is 5.57. The monoisotopic (exact) mass is 268 g/mol. The first-order chi connectivity index (χ1) is 8.58. The van der Waals surface area contributed by atoms with Gasteiger partial charge in [-0.1, -0.05) is 11.6 Å². The van der Waals surface area contributed by atoms with Crippen LogP contribution in [0.15, 0.2) is 12.3 Å². The van der Waals surface area contributed by atoms with Crippen molar-refractivity contribution >= 4 is 23.4 Å². The first-order valence-electron chi connectivity index (χ1n) is 6.18. The Labute approximate surface area is 111 Å². The number of hydrogen-bond acceptors (Lipinski definition) is 3. The number of carbonyl (C=O) groups is 1. The molecule has 98 valence electrons. The number of aromatic nitrogens is 1. The molecule has 0 amide bonds. The zero-order valence-electron chi connectivity index (χ0n) is 10.3. The molecule has 0 radical (unpaired) electrons. The lowest BCUT2D eigenvalue weighted by Crippen LogP contribution is -2.29. The van der Waals surface area contributed by atoms with Crippen LogP contribution in [0.3, 0.4) is 0 Å². The van der Waals surface area contributed by atoms with Crippen molar-refractivity contribution in [1.82, 2.24) is 4.98 Å². The summed E-state index contributed by atoms with van der Waals surface area (Å²) < 4.78 is 0. The highest BCUT2D eigenvalue weighted by Gasteiger charge is 2.26. The number of aliphatic carboxylic acids is 1. The van der Waals surface area contributed by atoms with E-state index in [1.807, 2.05) is 13.0 Å². The first kappa shape index (κ1) is 13.1. The summed E-state index contributed by atoms with van der Waals surface area (Å²) >= 11 is 6.17. The molecule has 1 fully saturated rings. The van der Waals surface area contributed by atoms with Gasteiger partial charge in [-0.2, -0.15) is 0 Å². The number of aryl methyl sites for hydroxylation is 1. The Morgan fingerprint density at radius 1 is 1.44 bits per heavy atom. The van der Waals surface area contributed by atoms with Crippen LogP contribution in [0.1, 0.15) is 31.2 Å². The Hall–Kier alpha value is -1.29. The van der Waals surface area contributed by atoms with Crippen molar-refractivity contribution in [3.8, 4) is 0 Å². The molecular weight excluding hydrogens is 252 g/mol. The Kier molecular flexibility index (Phi) is 4.07. The maximum Gasteiger partial charge on any atom is 0.306 e. The Morgan fingerprint density at radius 3 is 2.72 bits per heavy atom. The summed E-state index contributed by atoms with van der Waals surface area (Å²) in [7, 11) is 0. The number of carboxylic acids is 1. The highest BCUT2D eigenvalue weighted by molar-refractivity contribution is 6.33. The average molecular weight is 269 g/mol. The third-order valence-corrected chi connectivity index (χ3v) is 3.98. The Balaban J connectivity index is 1.96. The van der Waals surface area contributed by atoms with E-state index >= 15 is 0 Å². The second-order valence-electron chi connectivity index (χ2n) is 4.82. The smallest absolute Gasteiger partial charge is 0.306 e. The third kappa shape index (κ3) is 2.93. The highest BCUT2D eigenvalue weighted by Crippen LogP contribution is 2.29. The van der Waals surface area contributed by atoms with Crippen molar-refractivity contribution in [2.24, 2.45) is 5.92 Å². The molecule has 0 atom stereocenters. The zero-order chi connectivity index (χ0) is 13.1. The van der Waals surface area contributed by atoms with Crippen LogP contribution in [0.4, 0.5) is 5.82 Å². The summed E-state index contributed by atoms with van der Waals surface area (Å²) in [6, 6.07) is 2.14. The van der Waals surface area contributed by atoms with Gasteiger partial charge in [-0.15, -0.1) is 0 Å². The number of carboxylic acid groups (broad SMARTS) is 1. The van der Waals surface area contributed by atoms with E-state index in [4.69, 9.17) is 16.7 Å². The predicted octanol–water partition coefficient (Wildman–Crippen LogP) is 3.10. The van der Waals surface area contributed by atoms with Gasteiger partial charge in [-0.25, -0.2) is 4.98 Å². The van der Waals surface area contributed by atoms with Crippen molar-refractivity contribution in [3.05, 3.63) is 22.8 Å². The lowest BCUT2D eigenvalue weighted by atomic mass is 9.86. The van der Waals surface area contributed by atoms with Gasteiger partial charge in [-0.3, -0.25) is 4.79 Å². The van der Waals surface area contributed by atoms with Crippen LogP contribution in [0, 0.1) is 12.8 Å². The van der Waals surface area contributed by atoms with Crippen molar-refractivity contribution in [1.29, 1.82) is 0 Å². The number of anilines is 1. The molecule has 0 spiro atoms. The predicted molar refractivity (Wildman–Crippen MR) is 71.0 cm³/mol. The summed E-state index contributed by atoms with van der Waals surface area (Å²) in [6.45, 7) is 1.94. The summed E-state index contributed by atoms with van der Waals surface area (Å²) in [4.78, 5) is 15.1. The molecule has 2 rings (SSSR count). The molecule has 2 N–H and O–H groups in total. The molecule has 0 aliphatic heterocycles. The number of pyridine rings is 1. The van der Waals surface area contributed by atoms with Crippen LogP contribution in [0.25, 0.3) is 0 Å². The topological polar surface area (TPSA) is 62.2 Å². The molecule has 0 aromatic carbocycles. The SMILES string of the molecule is Cc1ccnc(NC2CCC(C(=O)O)CC2)c1Cl. The van der Waals surface area contributed by atoms with Crippen LogP contribution < -0.4 is 5.32 Å². The Bertz CT molecular complexity index is 443. The van der Waals surface area contributed by atoms with Crippen LogP contribution >= 0.6 is 11.6 Å². The van der Waals surface area contributed by atoms with Gasteiger partial charge in [0.15, 0.2) is 0 Å². The van der Waals surface area contributed by atoms with Crippen LogP contribution in [-0.4, -0.2) is 22.1 Å². The Morgan fingerprint density at radius 2 is 2.11 bits per heavy atom. The van der Waals surface area contributed by atoms with Crippen molar-refractivity contribution in [2.75, 3.05) is 5.32 Å². The lowest BCUT2D eigenvalue weighted by Gasteiger charge is -2.27. The van der Waals surface area contributed by atoms with Gasteiger partial charge in [0.1, 0.15) is 5.82 Å². The largest absolute Gasteiger partial charge is 0.481 e. The van der Waals surface area contributed by atoms with Crippen LogP contribution in [0.2, 0.25) is 5.02 Å². The number of nitrogens with zero attached hydrogens (tertiary/aromatic N) is 1. The van der Waals surface area contributed by atoms with E-state index in [0.717, 1.165) is 31.2 Å². The normalized spacial score (nSPS) is 23.7. The minimum absolute atomic E-state index is 0.191. The molecule has 0 unspecified atom stereocenters. The van der Waals surface area contributed by atoms with Crippen molar-refractivity contribution in [2.45, 2.75) is 38.6 Å². The summed E-state index contributed by atoms with van der Waals surface area (Å²) in [6.07, 6.45) is 4.87. The van der Waals surface area contributed by atoms with E-state index in [-0.39, 0.29) is 12.0 Å². The van der Waals surface area contributed by atoms with E-state index in [1.165, 1.54) is 0 Å². The minimum Gasteiger partial charge on any atom is -0.481 e. The molecule has 0 saturated heterocycles. The number of halogens is 1. The fraction of sp³-hybridized carbons (Fsp3) is 0.538. The molecule has 18 heavy (non-hydrogen) atoms. The first-order valence-corrected chi connectivity index (χ1v) is 6.56. The van der Waals surface area contributed by atoms with E-state index in [9.17, 15) is 4.79 Å². The molecule has 5 heteroatoms. The van der Waals surface area contributed by atoms with Gasteiger partial charge in [0.2, 0.25) is 0 Å². The van der Waals surface area contributed by atoms with Gasteiger partial charge >= 0.3 is 5.97 Å². The maximum atomic E-state index is 10.9. The molecule has 1 aliphatic carbocycles. The molecule has 1 aromatic heterocycles. The molecular formula is C13H17ClN2O2. The van der Waals surface area contributed by atoms with Gasteiger partial charge < -0.3 is 10.4 Å². The summed E-state index contributed by atoms with van der Waals surface area (Å²) in [5, 5.41) is 12.9. The molecule has 1 saturated carbocycles. The standard InChI is InChI=1S/C13H17ClN2O2/c1-8-6-7-15-12(11(8)14)16-10-4-2-9(3-5-10)13(17)18/h6-7,9-10H,2-5H2,1H3,(H,15,16)(H,17,18). The average Bonchev–Trinajstić information content (AvgIpc) is 2.36.